The third kappa shape index (κ3) is 5.29. The summed E-state index contributed by atoms with van der Waals surface area (Å²) in [6, 6.07) is 7.53. The van der Waals surface area contributed by atoms with Crippen LogP contribution in [0.2, 0.25) is 0 Å². The van der Waals surface area contributed by atoms with E-state index in [0.717, 1.165) is 37.2 Å². The van der Waals surface area contributed by atoms with Gasteiger partial charge in [0.15, 0.2) is 0 Å². The van der Waals surface area contributed by atoms with E-state index in [-0.39, 0.29) is 17.4 Å². The summed E-state index contributed by atoms with van der Waals surface area (Å²) in [5.41, 5.74) is 3.47. The van der Waals surface area contributed by atoms with E-state index in [9.17, 15) is 9.59 Å². The molecule has 0 radical (unpaired) electrons. The Bertz CT molecular complexity index is 817. The molecule has 2 heterocycles. The number of rotatable bonds is 6. The van der Waals surface area contributed by atoms with E-state index >= 15 is 0 Å². The summed E-state index contributed by atoms with van der Waals surface area (Å²) in [5, 5.41) is 3.06. The van der Waals surface area contributed by atoms with Gasteiger partial charge < -0.3 is 10.1 Å². The first-order chi connectivity index (χ1) is 14.8. The van der Waals surface area contributed by atoms with Crippen LogP contribution in [0.5, 0.6) is 0 Å². The fourth-order valence-electron chi connectivity index (χ4n) is 4.41. The number of nitrogens with one attached hydrogen (secondary N) is 1. The molecule has 1 N–H and O–H groups in total. The highest BCUT2D eigenvalue weighted by Crippen LogP contribution is 2.33. The number of hydrogen-bond donors (Lipinski definition) is 1. The number of piperidine rings is 1. The lowest BCUT2D eigenvalue weighted by atomic mass is 9.85. The largest absolute Gasteiger partial charge is 0.463 e. The number of carbonyl (C=O) groups excluding carboxylic acids is 2. The van der Waals surface area contributed by atoms with Crippen LogP contribution >= 0.6 is 0 Å². The summed E-state index contributed by atoms with van der Waals surface area (Å²) < 4.78 is 5.47. The number of hydrogen-bond acceptors (Lipinski definition) is 4. The molecule has 6 nitrogen and oxygen atoms in total. The molecule has 6 heteroatoms. The van der Waals surface area contributed by atoms with Crippen molar-refractivity contribution in [2.45, 2.75) is 65.3 Å². The molecular formula is C25H37N3O3. The smallest absolute Gasteiger partial charge is 0.338 e. The number of benzene rings is 1. The Morgan fingerprint density at radius 2 is 1.74 bits per heavy atom. The number of amides is 2. The van der Waals surface area contributed by atoms with Gasteiger partial charge in [0.25, 0.3) is 0 Å². The summed E-state index contributed by atoms with van der Waals surface area (Å²) in [6.07, 6.45) is 3.54. The predicted octanol–water partition coefficient (Wildman–Crippen LogP) is 4.37. The van der Waals surface area contributed by atoms with Gasteiger partial charge in [0.1, 0.15) is 0 Å². The van der Waals surface area contributed by atoms with Crippen molar-refractivity contribution in [3.63, 3.8) is 0 Å². The second-order valence-electron chi connectivity index (χ2n) is 9.42. The third-order valence-corrected chi connectivity index (χ3v) is 6.18. The van der Waals surface area contributed by atoms with Crippen molar-refractivity contribution in [3.8, 4) is 0 Å². The maximum absolute atomic E-state index is 13.2. The molecule has 170 valence electrons. The van der Waals surface area contributed by atoms with Crippen LogP contribution in [0.15, 0.2) is 35.5 Å². The molecule has 1 fully saturated rings. The minimum absolute atomic E-state index is 0.0343. The zero-order valence-corrected chi connectivity index (χ0v) is 19.7. The van der Waals surface area contributed by atoms with Crippen LogP contribution in [0.4, 0.5) is 4.79 Å². The molecule has 2 aliphatic heterocycles. The molecule has 0 bridgehead atoms. The highest BCUT2D eigenvalue weighted by atomic mass is 16.5. The number of urea groups is 1. The van der Waals surface area contributed by atoms with E-state index in [2.05, 4.69) is 43.1 Å². The first-order valence-electron chi connectivity index (χ1n) is 11.6. The van der Waals surface area contributed by atoms with Crippen molar-refractivity contribution in [2.75, 3.05) is 32.8 Å². The van der Waals surface area contributed by atoms with Gasteiger partial charge >= 0.3 is 12.0 Å². The van der Waals surface area contributed by atoms with Crippen LogP contribution in [-0.4, -0.2) is 54.6 Å². The van der Waals surface area contributed by atoms with Gasteiger partial charge in [-0.1, -0.05) is 51.5 Å². The number of likely N-dealkylation sites (tertiary alicyclic amines) is 1. The minimum Gasteiger partial charge on any atom is -0.463 e. The SMILES string of the molecule is CCOC(=O)C1=C(CN2CCCCC2)N(CC)C(=O)N[C@@H]1c1ccc(C(C)(C)C)cc1. The van der Waals surface area contributed by atoms with Gasteiger partial charge in [-0.3, -0.25) is 9.80 Å². The Morgan fingerprint density at radius 3 is 2.29 bits per heavy atom. The average Bonchev–Trinajstić information content (AvgIpc) is 2.74. The molecule has 0 aliphatic carbocycles. The van der Waals surface area contributed by atoms with Gasteiger partial charge in [-0.2, -0.15) is 0 Å². The molecule has 2 amide bonds. The standard InChI is InChI=1S/C25H37N3O3/c1-6-28-20(17-27-15-9-8-10-16-27)21(23(29)31-7-2)22(26-24(28)30)18-11-13-19(14-12-18)25(3,4)5/h11-14,22H,6-10,15-17H2,1-5H3,(H,26,30)/t22-/m1/s1. The zero-order valence-electron chi connectivity index (χ0n) is 19.7. The fourth-order valence-corrected chi connectivity index (χ4v) is 4.41. The lowest BCUT2D eigenvalue weighted by Gasteiger charge is -2.39. The second kappa shape index (κ2) is 9.86. The quantitative estimate of drug-likeness (QED) is 0.685. The monoisotopic (exact) mass is 427 g/mol. The van der Waals surface area contributed by atoms with E-state index < -0.39 is 6.04 Å². The molecule has 0 saturated carbocycles. The Kier molecular flexibility index (Phi) is 7.42. The van der Waals surface area contributed by atoms with Crippen molar-refractivity contribution in [3.05, 3.63) is 46.7 Å². The Labute approximate surface area is 186 Å². The summed E-state index contributed by atoms with van der Waals surface area (Å²) in [7, 11) is 0. The minimum atomic E-state index is -0.511. The van der Waals surface area contributed by atoms with E-state index in [4.69, 9.17) is 4.74 Å². The molecule has 2 aliphatic rings. The molecule has 0 spiro atoms. The van der Waals surface area contributed by atoms with Crippen LogP contribution in [0, 0.1) is 0 Å². The van der Waals surface area contributed by atoms with Crippen molar-refractivity contribution < 1.29 is 14.3 Å². The summed E-state index contributed by atoms with van der Waals surface area (Å²) in [5.74, 6) is -0.349. The summed E-state index contributed by atoms with van der Waals surface area (Å²) in [6.45, 7) is 13.6. The first-order valence-corrected chi connectivity index (χ1v) is 11.6. The van der Waals surface area contributed by atoms with Crippen molar-refractivity contribution in [2.24, 2.45) is 0 Å². The number of esters is 1. The van der Waals surface area contributed by atoms with Gasteiger partial charge in [-0.25, -0.2) is 9.59 Å². The molecular weight excluding hydrogens is 390 g/mol. The Morgan fingerprint density at radius 1 is 1.10 bits per heavy atom. The molecule has 1 saturated heterocycles. The number of nitrogens with zero attached hydrogens (tertiary/aromatic N) is 2. The lowest BCUT2D eigenvalue weighted by Crippen LogP contribution is -2.51. The molecule has 3 rings (SSSR count). The van der Waals surface area contributed by atoms with Gasteiger partial charge in [-0.05, 0) is 56.3 Å². The molecule has 1 aromatic carbocycles. The fraction of sp³-hybridized carbons (Fsp3) is 0.600. The van der Waals surface area contributed by atoms with Gasteiger partial charge in [-0.15, -0.1) is 0 Å². The Hall–Kier alpha value is -2.34. The van der Waals surface area contributed by atoms with Crippen molar-refractivity contribution in [1.29, 1.82) is 0 Å². The normalized spacial score (nSPS) is 20.6. The Balaban J connectivity index is 2.06. The van der Waals surface area contributed by atoms with Crippen molar-refractivity contribution in [1.82, 2.24) is 15.1 Å². The molecule has 0 aromatic heterocycles. The zero-order chi connectivity index (χ0) is 22.6. The van der Waals surface area contributed by atoms with Crippen molar-refractivity contribution >= 4 is 12.0 Å². The maximum atomic E-state index is 13.2. The van der Waals surface area contributed by atoms with Crippen LogP contribution in [0.1, 0.15) is 71.0 Å². The predicted molar refractivity (Wildman–Crippen MR) is 123 cm³/mol. The summed E-state index contributed by atoms with van der Waals surface area (Å²) >= 11 is 0. The van der Waals surface area contributed by atoms with E-state index in [1.165, 1.54) is 12.0 Å². The van der Waals surface area contributed by atoms with Crippen LogP contribution < -0.4 is 5.32 Å². The molecule has 31 heavy (non-hydrogen) atoms. The van der Waals surface area contributed by atoms with Gasteiger partial charge in [0.05, 0.1) is 18.2 Å². The molecule has 1 atom stereocenters. The molecule has 0 unspecified atom stereocenters. The van der Waals surface area contributed by atoms with E-state index in [0.29, 0.717) is 25.3 Å². The third-order valence-electron chi connectivity index (χ3n) is 6.18. The summed E-state index contributed by atoms with van der Waals surface area (Å²) in [4.78, 5) is 30.2. The van der Waals surface area contributed by atoms with Crippen LogP contribution in [0.25, 0.3) is 0 Å². The molecule has 1 aromatic rings. The van der Waals surface area contributed by atoms with Gasteiger partial charge in [0, 0.05) is 18.8 Å². The topological polar surface area (TPSA) is 61.9 Å². The second-order valence-corrected chi connectivity index (χ2v) is 9.42. The average molecular weight is 428 g/mol. The highest BCUT2D eigenvalue weighted by molar-refractivity contribution is 5.95. The highest BCUT2D eigenvalue weighted by Gasteiger charge is 2.38. The first kappa shape index (κ1) is 23.3. The van der Waals surface area contributed by atoms with Gasteiger partial charge in [0.2, 0.25) is 0 Å². The van der Waals surface area contributed by atoms with E-state index in [1.54, 1.807) is 4.90 Å². The van der Waals surface area contributed by atoms with E-state index in [1.807, 2.05) is 26.0 Å². The number of ether oxygens (including phenoxy) is 1. The van der Waals surface area contributed by atoms with Crippen LogP contribution in [0.3, 0.4) is 0 Å². The maximum Gasteiger partial charge on any atom is 0.338 e. The number of carbonyl (C=O) groups is 2. The number of likely N-dealkylation sites (N-methyl/N-ethyl adjacent to an activating group) is 1. The lowest BCUT2D eigenvalue weighted by molar-refractivity contribution is -0.139. The van der Waals surface area contributed by atoms with Crippen LogP contribution in [-0.2, 0) is 14.9 Å².